The maximum atomic E-state index is 9.39. The highest BCUT2D eigenvalue weighted by Gasteiger charge is 2.11. The lowest BCUT2D eigenvalue weighted by atomic mass is 10.1. The van der Waals surface area contributed by atoms with E-state index in [1.54, 1.807) is 0 Å². The van der Waals surface area contributed by atoms with E-state index in [-0.39, 0.29) is 12.6 Å². The van der Waals surface area contributed by atoms with Gasteiger partial charge in [0.15, 0.2) is 0 Å². The van der Waals surface area contributed by atoms with E-state index in [4.69, 9.17) is 11.6 Å². The van der Waals surface area contributed by atoms with Crippen molar-refractivity contribution in [2.45, 2.75) is 12.5 Å². The van der Waals surface area contributed by atoms with E-state index in [1.165, 1.54) is 12.5 Å². The molecule has 2 N–H and O–H groups in total. The van der Waals surface area contributed by atoms with Crippen LogP contribution in [-0.2, 0) is 6.42 Å². The molecule has 1 unspecified atom stereocenters. The van der Waals surface area contributed by atoms with E-state index in [9.17, 15) is 5.11 Å². The molecule has 1 aromatic carbocycles. The van der Waals surface area contributed by atoms with Crippen LogP contribution in [-0.4, -0.2) is 27.7 Å². The van der Waals surface area contributed by atoms with Crippen molar-refractivity contribution in [3.8, 4) is 0 Å². The van der Waals surface area contributed by atoms with Crippen molar-refractivity contribution >= 4 is 17.4 Å². The zero-order chi connectivity index (χ0) is 12.8. The molecular weight excluding hydrogens is 250 g/mol. The molecule has 2 rings (SSSR count). The Kier molecular flexibility index (Phi) is 4.50. The van der Waals surface area contributed by atoms with Gasteiger partial charge < -0.3 is 10.4 Å². The number of aliphatic hydroxyl groups is 1. The van der Waals surface area contributed by atoms with Crippen LogP contribution in [0.5, 0.6) is 0 Å². The van der Waals surface area contributed by atoms with Crippen LogP contribution in [0.3, 0.4) is 0 Å². The molecule has 18 heavy (non-hydrogen) atoms. The fourth-order valence-electron chi connectivity index (χ4n) is 1.67. The highest BCUT2D eigenvalue weighted by atomic mass is 35.5. The van der Waals surface area contributed by atoms with Gasteiger partial charge in [0.05, 0.1) is 18.8 Å². The zero-order valence-electron chi connectivity index (χ0n) is 9.75. The van der Waals surface area contributed by atoms with Crippen LogP contribution in [0, 0.1) is 0 Å². The van der Waals surface area contributed by atoms with Gasteiger partial charge in [0.1, 0.15) is 17.2 Å². The Morgan fingerprint density at radius 2 is 2.06 bits per heavy atom. The van der Waals surface area contributed by atoms with E-state index >= 15 is 0 Å². The summed E-state index contributed by atoms with van der Waals surface area (Å²) in [5.41, 5.74) is 1.15. The van der Waals surface area contributed by atoms with E-state index in [2.05, 4.69) is 15.3 Å². The van der Waals surface area contributed by atoms with Crippen molar-refractivity contribution in [3.63, 3.8) is 0 Å². The molecule has 0 bridgehead atoms. The summed E-state index contributed by atoms with van der Waals surface area (Å²) in [7, 11) is 0. The average molecular weight is 264 g/mol. The summed E-state index contributed by atoms with van der Waals surface area (Å²) in [6.07, 6.45) is 3.65. The van der Waals surface area contributed by atoms with Gasteiger partial charge in [-0.1, -0.05) is 41.9 Å². The maximum absolute atomic E-state index is 9.39. The molecule has 1 heterocycles. The first-order valence-corrected chi connectivity index (χ1v) is 6.04. The molecule has 1 atom stereocenters. The van der Waals surface area contributed by atoms with Crippen molar-refractivity contribution < 1.29 is 5.11 Å². The number of aromatic nitrogens is 2. The molecule has 0 saturated heterocycles. The van der Waals surface area contributed by atoms with E-state index in [0.29, 0.717) is 17.3 Å². The molecule has 0 saturated carbocycles. The van der Waals surface area contributed by atoms with Crippen LogP contribution in [0.25, 0.3) is 0 Å². The van der Waals surface area contributed by atoms with Crippen LogP contribution >= 0.6 is 11.6 Å². The molecule has 1 aromatic heterocycles. The number of benzene rings is 1. The molecule has 0 aliphatic heterocycles. The Labute approximate surface area is 111 Å². The summed E-state index contributed by atoms with van der Waals surface area (Å²) >= 11 is 5.96. The quantitative estimate of drug-likeness (QED) is 0.868. The van der Waals surface area contributed by atoms with Gasteiger partial charge in [-0.3, -0.25) is 0 Å². The van der Waals surface area contributed by atoms with Crippen LogP contribution < -0.4 is 5.32 Å². The summed E-state index contributed by atoms with van der Waals surface area (Å²) in [5, 5.41) is 13.0. The van der Waals surface area contributed by atoms with E-state index in [0.717, 1.165) is 5.56 Å². The zero-order valence-corrected chi connectivity index (χ0v) is 10.5. The van der Waals surface area contributed by atoms with Gasteiger partial charge in [0.2, 0.25) is 0 Å². The molecule has 2 aromatic rings. The summed E-state index contributed by atoms with van der Waals surface area (Å²) in [4.78, 5) is 7.86. The van der Waals surface area contributed by atoms with Gasteiger partial charge in [0.25, 0.3) is 0 Å². The predicted molar refractivity (Wildman–Crippen MR) is 71.7 cm³/mol. The minimum atomic E-state index is -0.125. The minimum Gasteiger partial charge on any atom is -0.394 e. The molecule has 0 spiro atoms. The van der Waals surface area contributed by atoms with Crippen molar-refractivity contribution in [1.29, 1.82) is 0 Å². The van der Waals surface area contributed by atoms with Crippen LogP contribution in [0.1, 0.15) is 5.56 Å². The Hall–Kier alpha value is -1.65. The smallest absolute Gasteiger partial charge is 0.148 e. The second-order valence-corrected chi connectivity index (χ2v) is 4.34. The van der Waals surface area contributed by atoms with Crippen LogP contribution in [0.2, 0.25) is 5.02 Å². The fourth-order valence-corrected chi connectivity index (χ4v) is 1.83. The van der Waals surface area contributed by atoms with E-state index < -0.39 is 0 Å². The summed E-state index contributed by atoms with van der Waals surface area (Å²) < 4.78 is 0. The topological polar surface area (TPSA) is 58.0 Å². The fraction of sp³-hybridized carbons (Fsp3) is 0.231. The van der Waals surface area contributed by atoms with Gasteiger partial charge in [-0.15, -0.1) is 0 Å². The Balaban J connectivity index is 2.04. The summed E-state index contributed by atoms with van der Waals surface area (Å²) in [6.45, 7) is 0.00915. The SMILES string of the molecule is OCC(Cc1ccccc1)Nc1ncncc1Cl. The second kappa shape index (κ2) is 6.33. The number of rotatable bonds is 5. The standard InChI is InChI=1S/C13H14ClN3O/c14-12-7-15-9-16-13(12)17-11(8-18)6-10-4-2-1-3-5-10/h1-5,7,9,11,18H,6,8H2,(H,15,16,17). The summed E-state index contributed by atoms with van der Waals surface area (Å²) in [5.74, 6) is 0.543. The van der Waals surface area contributed by atoms with Crippen molar-refractivity contribution in [1.82, 2.24) is 9.97 Å². The molecule has 5 heteroatoms. The molecule has 0 aliphatic rings. The maximum Gasteiger partial charge on any atom is 0.148 e. The molecule has 4 nitrogen and oxygen atoms in total. The number of nitrogens with one attached hydrogen (secondary N) is 1. The molecule has 0 aliphatic carbocycles. The Morgan fingerprint density at radius 3 is 2.72 bits per heavy atom. The van der Waals surface area contributed by atoms with Crippen LogP contribution in [0.15, 0.2) is 42.9 Å². The van der Waals surface area contributed by atoms with Gasteiger partial charge in [-0.05, 0) is 12.0 Å². The first kappa shape index (κ1) is 12.8. The third-order valence-electron chi connectivity index (χ3n) is 2.55. The highest BCUT2D eigenvalue weighted by Crippen LogP contribution is 2.18. The third-order valence-corrected chi connectivity index (χ3v) is 2.83. The third kappa shape index (κ3) is 3.42. The second-order valence-electron chi connectivity index (χ2n) is 3.93. The number of hydrogen-bond donors (Lipinski definition) is 2. The monoisotopic (exact) mass is 263 g/mol. The Bertz CT molecular complexity index is 493. The largest absolute Gasteiger partial charge is 0.394 e. The molecule has 94 valence electrons. The molecular formula is C13H14ClN3O. The summed E-state index contributed by atoms with van der Waals surface area (Å²) in [6, 6.07) is 9.83. The average Bonchev–Trinajstić information content (AvgIpc) is 2.41. The number of hydrogen-bond acceptors (Lipinski definition) is 4. The normalized spacial score (nSPS) is 12.1. The molecule has 0 amide bonds. The van der Waals surface area contributed by atoms with Crippen LogP contribution in [0.4, 0.5) is 5.82 Å². The first-order valence-electron chi connectivity index (χ1n) is 5.66. The number of halogens is 1. The number of anilines is 1. The van der Waals surface area contributed by atoms with Gasteiger partial charge in [0, 0.05) is 0 Å². The van der Waals surface area contributed by atoms with Gasteiger partial charge >= 0.3 is 0 Å². The number of aliphatic hydroxyl groups excluding tert-OH is 1. The molecule has 0 fully saturated rings. The number of nitrogens with zero attached hydrogens (tertiary/aromatic N) is 2. The lowest BCUT2D eigenvalue weighted by Gasteiger charge is -2.17. The molecule has 0 radical (unpaired) electrons. The van der Waals surface area contributed by atoms with Crippen molar-refractivity contribution in [2.24, 2.45) is 0 Å². The van der Waals surface area contributed by atoms with Crippen molar-refractivity contribution in [2.75, 3.05) is 11.9 Å². The highest BCUT2D eigenvalue weighted by molar-refractivity contribution is 6.32. The Morgan fingerprint density at radius 1 is 1.28 bits per heavy atom. The lowest BCUT2D eigenvalue weighted by Crippen LogP contribution is -2.27. The predicted octanol–water partition coefficient (Wildman–Crippen LogP) is 2.15. The van der Waals surface area contributed by atoms with Gasteiger partial charge in [-0.2, -0.15) is 0 Å². The minimum absolute atomic E-state index is 0.00915. The first-order chi connectivity index (χ1) is 8.79. The lowest BCUT2D eigenvalue weighted by molar-refractivity contribution is 0.273. The van der Waals surface area contributed by atoms with E-state index in [1.807, 2.05) is 30.3 Å². The van der Waals surface area contributed by atoms with Crippen molar-refractivity contribution in [3.05, 3.63) is 53.4 Å². The van der Waals surface area contributed by atoms with Gasteiger partial charge in [-0.25, -0.2) is 9.97 Å².